The van der Waals surface area contributed by atoms with Crippen LogP contribution in [0.3, 0.4) is 0 Å². The van der Waals surface area contributed by atoms with E-state index in [1.54, 1.807) is 0 Å². The third-order valence-electron chi connectivity index (χ3n) is 2.19. The molecule has 20 heavy (non-hydrogen) atoms. The van der Waals surface area contributed by atoms with Crippen molar-refractivity contribution in [1.29, 1.82) is 0 Å². The van der Waals surface area contributed by atoms with Gasteiger partial charge in [0.1, 0.15) is 23.3 Å². The number of nitrogen functional groups attached to an aromatic ring is 1. The van der Waals surface area contributed by atoms with E-state index in [1.807, 2.05) is 0 Å². The summed E-state index contributed by atoms with van der Waals surface area (Å²) in [6, 6.07) is 3.55. The van der Waals surface area contributed by atoms with Crippen molar-refractivity contribution >= 4 is 17.3 Å². The van der Waals surface area contributed by atoms with Crippen molar-refractivity contribution < 1.29 is 22.0 Å². The van der Waals surface area contributed by atoms with Gasteiger partial charge >= 0.3 is 6.18 Å². The van der Waals surface area contributed by atoms with Crippen LogP contribution in [0.25, 0.3) is 0 Å². The summed E-state index contributed by atoms with van der Waals surface area (Å²) in [4.78, 5) is 6.21. The molecule has 0 amide bonds. The van der Waals surface area contributed by atoms with Crippen LogP contribution in [-0.2, 0) is 6.18 Å². The molecule has 2 rings (SSSR count). The highest BCUT2D eigenvalue weighted by Crippen LogP contribution is 2.28. The lowest BCUT2D eigenvalue weighted by Gasteiger charge is -2.10. The van der Waals surface area contributed by atoms with Gasteiger partial charge in [-0.3, -0.25) is 0 Å². The number of nitrogens with two attached hydrogens (primary N) is 1. The van der Waals surface area contributed by atoms with Crippen LogP contribution in [0.15, 0.2) is 24.3 Å². The molecule has 0 aliphatic heterocycles. The maximum atomic E-state index is 13.4. The Morgan fingerprint density at radius 2 is 1.75 bits per heavy atom. The SMILES string of the molecule is Nc1cc(Nc2ccc(F)cc2F)nc(C(F)(F)F)n1. The molecule has 0 spiro atoms. The molecule has 2 aromatic rings. The summed E-state index contributed by atoms with van der Waals surface area (Å²) in [5.74, 6) is -4.03. The Hall–Kier alpha value is -2.45. The largest absolute Gasteiger partial charge is 0.451 e. The molecule has 1 heterocycles. The van der Waals surface area contributed by atoms with Crippen molar-refractivity contribution in [1.82, 2.24) is 9.97 Å². The van der Waals surface area contributed by atoms with Crippen LogP contribution in [-0.4, -0.2) is 9.97 Å². The average Bonchev–Trinajstić information content (AvgIpc) is 2.31. The van der Waals surface area contributed by atoms with Gasteiger partial charge in [0, 0.05) is 12.1 Å². The van der Waals surface area contributed by atoms with Crippen LogP contribution in [0.4, 0.5) is 39.3 Å². The Kier molecular flexibility index (Phi) is 3.43. The first-order valence-corrected chi connectivity index (χ1v) is 5.19. The second-order valence-corrected chi connectivity index (χ2v) is 3.75. The van der Waals surface area contributed by atoms with E-state index in [9.17, 15) is 22.0 Å². The average molecular weight is 290 g/mol. The lowest BCUT2D eigenvalue weighted by atomic mass is 10.3. The molecule has 0 aliphatic rings. The number of rotatable bonds is 2. The molecule has 0 bridgehead atoms. The van der Waals surface area contributed by atoms with Gasteiger partial charge in [0.05, 0.1) is 5.69 Å². The first-order chi connectivity index (χ1) is 9.25. The van der Waals surface area contributed by atoms with E-state index < -0.39 is 29.5 Å². The van der Waals surface area contributed by atoms with Gasteiger partial charge in [-0.1, -0.05) is 0 Å². The number of nitrogens with zero attached hydrogens (tertiary/aromatic N) is 2. The predicted molar refractivity (Wildman–Crippen MR) is 61.1 cm³/mol. The molecule has 1 aromatic carbocycles. The van der Waals surface area contributed by atoms with E-state index >= 15 is 0 Å². The molecular formula is C11H7F5N4. The summed E-state index contributed by atoms with van der Waals surface area (Å²) in [5, 5.41) is 2.28. The summed E-state index contributed by atoms with van der Waals surface area (Å²) in [6.07, 6.45) is -4.78. The molecule has 0 unspecified atom stereocenters. The monoisotopic (exact) mass is 290 g/mol. The molecule has 1 aromatic heterocycles. The zero-order valence-electron chi connectivity index (χ0n) is 9.67. The number of halogens is 5. The molecule has 9 heteroatoms. The zero-order valence-corrected chi connectivity index (χ0v) is 9.67. The van der Waals surface area contributed by atoms with Crippen molar-refractivity contribution in [2.75, 3.05) is 11.1 Å². The predicted octanol–water partition coefficient (Wildman–Crippen LogP) is 3.10. The normalized spacial score (nSPS) is 11.4. The van der Waals surface area contributed by atoms with Gasteiger partial charge in [0.25, 0.3) is 0 Å². The third-order valence-corrected chi connectivity index (χ3v) is 2.19. The van der Waals surface area contributed by atoms with E-state index in [4.69, 9.17) is 5.73 Å². The van der Waals surface area contributed by atoms with Gasteiger partial charge in [0.2, 0.25) is 5.82 Å². The summed E-state index contributed by atoms with van der Waals surface area (Å²) >= 11 is 0. The van der Waals surface area contributed by atoms with E-state index in [2.05, 4.69) is 15.3 Å². The fourth-order valence-electron chi connectivity index (χ4n) is 1.39. The van der Waals surface area contributed by atoms with Crippen molar-refractivity contribution in [2.45, 2.75) is 6.18 Å². The van der Waals surface area contributed by atoms with Crippen LogP contribution >= 0.6 is 0 Å². The van der Waals surface area contributed by atoms with E-state index in [1.165, 1.54) is 0 Å². The molecule has 0 saturated carbocycles. The zero-order chi connectivity index (χ0) is 14.9. The highest BCUT2D eigenvalue weighted by Gasteiger charge is 2.35. The molecule has 0 aliphatic carbocycles. The molecule has 3 N–H and O–H groups in total. The number of aromatic nitrogens is 2. The van der Waals surface area contributed by atoms with Crippen molar-refractivity contribution in [3.63, 3.8) is 0 Å². The van der Waals surface area contributed by atoms with Crippen LogP contribution in [0.1, 0.15) is 5.82 Å². The van der Waals surface area contributed by atoms with Gasteiger partial charge in [-0.2, -0.15) is 13.2 Å². The smallest absolute Gasteiger partial charge is 0.384 e. The van der Waals surface area contributed by atoms with Crippen LogP contribution in [0.5, 0.6) is 0 Å². The highest BCUT2D eigenvalue weighted by atomic mass is 19.4. The summed E-state index contributed by atoms with van der Waals surface area (Å²) in [5.41, 5.74) is 4.99. The lowest BCUT2D eigenvalue weighted by molar-refractivity contribution is -0.144. The van der Waals surface area contributed by atoms with Gasteiger partial charge in [-0.05, 0) is 12.1 Å². The fourth-order valence-corrected chi connectivity index (χ4v) is 1.39. The third kappa shape index (κ3) is 3.11. The minimum Gasteiger partial charge on any atom is -0.384 e. The van der Waals surface area contributed by atoms with Gasteiger partial charge in [0.15, 0.2) is 0 Å². The Morgan fingerprint density at radius 1 is 1.05 bits per heavy atom. The summed E-state index contributed by atoms with van der Waals surface area (Å²) < 4.78 is 63.5. The molecule has 0 saturated heterocycles. The van der Waals surface area contributed by atoms with Gasteiger partial charge in [-0.25, -0.2) is 18.7 Å². The maximum Gasteiger partial charge on any atom is 0.451 e. The Bertz CT molecular complexity index is 641. The minimum atomic E-state index is -4.78. The number of nitrogens with one attached hydrogen (secondary N) is 1. The minimum absolute atomic E-state index is 0.238. The molecule has 0 fully saturated rings. The lowest BCUT2D eigenvalue weighted by Crippen LogP contribution is -2.13. The Balaban J connectivity index is 2.36. The molecular weight excluding hydrogens is 283 g/mol. The second kappa shape index (κ2) is 4.91. The van der Waals surface area contributed by atoms with E-state index in [-0.39, 0.29) is 11.5 Å². The number of benzene rings is 1. The number of alkyl halides is 3. The number of hydrogen-bond acceptors (Lipinski definition) is 4. The first-order valence-electron chi connectivity index (χ1n) is 5.19. The van der Waals surface area contributed by atoms with Crippen LogP contribution in [0.2, 0.25) is 0 Å². The standard InChI is InChI=1S/C11H7F5N4/c12-5-1-2-7(6(13)3-5)18-9-4-8(17)19-10(20-9)11(14,15)16/h1-4H,(H3,17,18,19,20). The maximum absolute atomic E-state index is 13.4. The van der Waals surface area contributed by atoms with Crippen LogP contribution < -0.4 is 11.1 Å². The number of anilines is 3. The Morgan fingerprint density at radius 3 is 2.35 bits per heavy atom. The quantitative estimate of drug-likeness (QED) is 0.834. The Labute approximate surface area is 109 Å². The van der Waals surface area contributed by atoms with Gasteiger partial charge in [-0.15, -0.1) is 0 Å². The number of hydrogen-bond donors (Lipinski definition) is 2. The van der Waals surface area contributed by atoms with E-state index in [0.717, 1.165) is 18.2 Å². The first kappa shape index (κ1) is 14.0. The molecule has 0 atom stereocenters. The van der Waals surface area contributed by atoms with E-state index in [0.29, 0.717) is 6.07 Å². The van der Waals surface area contributed by atoms with Gasteiger partial charge < -0.3 is 11.1 Å². The fraction of sp³-hybridized carbons (Fsp3) is 0.0909. The summed E-state index contributed by atoms with van der Waals surface area (Å²) in [7, 11) is 0. The second-order valence-electron chi connectivity index (χ2n) is 3.75. The highest BCUT2D eigenvalue weighted by molar-refractivity contribution is 5.59. The van der Waals surface area contributed by atoms with Crippen molar-refractivity contribution in [3.8, 4) is 0 Å². The molecule has 0 radical (unpaired) electrons. The summed E-state index contributed by atoms with van der Waals surface area (Å²) in [6.45, 7) is 0. The molecule has 106 valence electrons. The van der Waals surface area contributed by atoms with Crippen molar-refractivity contribution in [2.24, 2.45) is 0 Å². The van der Waals surface area contributed by atoms with Crippen LogP contribution in [0, 0.1) is 11.6 Å². The van der Waals surface area contributed by atoms with Crippen molar-refractivity contribution in [3.05, 3.63) is 41.7 Å². The molecule has 4 nitrogen and oxygen atoms in total. The topological polar surface area (TPSA) is 63.8 Å².